The maximum atomic E-state index is 13.0. The normalized spacial score (nSPS) is 10.9. The van der Waals surface area contributed by atoms with E-state index < -0.39 is 29.7 Å². The number of benzene rings is 2. The van der Waals surface area contributed by atoms with E-state index in [-0.39, 0.29) is 42.7 Å². The molecule has 0 saturated carbocycles. The lowest BCUT2D eigenvalue weighted by Gasteiger charge is -2.24. The van der Waals surface area contributed by atoms with E-state index in [2.05, 4.69) is 4.98 Å². The Labute approximate surface area is 208 Å². The number of nitrogen functional groups attached to an aromatic ring is 1. The van der Waals surface area contributed by atoms with Crippen LogP contribution in [0.2, 0.25) is 0 Å². The second-order valence-corrected chi connectivity index (χ2v) is 8.56. The van der Waals surface area contributed by atoms with E-state index in [4.69, 9.17) is 15.2 Å². The van der Waals surface area contributed by atoms with Crippen LogP contribution in [0.1, 0.15) is 24.2 Å². The lowest BCUT2D eigenvalue weighted by molar-refractivity contribution is -0.121. The van der Waals surface area contributed by atoms with Gasteiger partial charge in [0.2, 0.25) is 0 Å². The zero-order chi connectivity index (χ0) is 26.2. The summed E-state index contributed by atoms with van der Waals surface area (Å²) in [5, 5.41) is 0. The van der Waals surface area contributed by atoms with Crippen molar-refractivity contribution in [2.24, 2.45) is 5.92 Å². The first-order valence-corrected chi connectivity index (χ1v) is 11.5. The van der Waals surface area contributed by atoms with Crippen LogP contribution in [0.15, 0.2) is 64.2 Å². The van der Waals surface area contributed by atoms with Crippen molar-refractivity contribution >= 4 is 23.4 Å². The van der Waals surface area contributed by atoms with Crippen LogP contribution in [0.5, 0.6) is 0 Å². The third-order valence-electron chi connectivity index (χ3n) is 5.41. The first-order chi connectivity index (χ1) is 17.2. The van der Waals surface area contributed by atoms with Gasteiger partial charge in [-0.15, -0.1) is 0 Å². The third-order valence-corrected chi connectivity index (χ3v) is 5.41. The highest BCUT2D eigenvalue weighted by Crippen LogP contribution is 2.20. The Hall–Kier alpha value is -4.18. The maximum absolute atomic E-state index is 13.0. The van der Waals surface area contributed by atoms with Crippen LogP contribution in [-0.4, -0.2) is 48.3 Å². The van der Waals surface area contributed by atoms with Crippen molar-refractivity contribution in [3.8, 4) is 11.1 Å². The first kappa shape index (κ1) is 26.4. The van der Waals surface area contributed by atoms with Crippen molar-refractivity contribution in [3.63, 3.8) is 0 Å². The Morgan fingerprint density at radius 3 is 2.28 bits per heavy atom. The number of methoxy groups -OCH3 is 1. The van der Waals surface area contributed by atoms with Crippen molar-refractivity contribution in [2.75, 3.05) is 37.5 Å². The van der Waals surface area contributed by atoms with Gasteiger partial charge < -0.3 is 15.2 Å². The summed E-state index contributed by atoms with van der Waals surface area (Å²) in [5.74, 6) is -1.47. The Morgan fingerprint density at radius 2 is 1.67 bits per heavy atom. The fourth-order valence-corrected chi connectivity index (χ4v) is 3.65. The van der Waals surface area contributed by atoms with E-state index in [0.29, 0.717) is 0 Å². The number of nitrogens with two attached hydrogens (primary N) is 1. The number of nitrogens with zero attached hydrogens (tertiary/aromatic N) is 2. The molecule has 1 aromatic heterocycles. The van der Waals surface area contributed by atoms with Gasteiger partial charge in [-0.05, 0) is 29.2 Å². The van der Waals surface area contributed by atoms with Gasteiger partial charge in [-0.25, -0.2) is 9.59 Å². The Kier molecular flexibility index (Phi) is 8.80. The van der Waals surface area contributed by atoms with Gasteiger partial charge in [-0.2, -0.15) is 0 Å². The molecule has 1 amide bonds. The number of carbonyl (C=O) groups is 2. The van der Waals surface area contributed by atoms with E-state index in [9.17, 15) is 19.2 Å². The molecule has 0 fully saturated rings. The molecular weight excluding hydrogens is 464 g/mol. The van der Waals surface area contributed by atoms with Crippen molar-refractivity contribution < 1.29 is 19.1 Å². The van der Waals surface area contributed by atoms with E-state index >= 15 is 0 Å². The zero-order valence-corrected chi connectivity index (χ0v) is 20.5. The first-order valence-electron chi connectivity index (χ1n) is 11.5. The molecule has 0 aliphatic rings. The van der Waals surface area contributed by atoms with E-state index in [0.717, 1.165) is 16.0 Å². The van der Waals surface area contributed by atoms with Crippen molar-refractivity contribution in [3.05, 3.63) is 81.0 Å². The molecule has 3 N–H and O–H groups in total. The summed E-state index contributed by atoms with van der Waals surface area (Å²) in [6, 6.07) is 16.5. The molecule has 0 radical (unpaired) electrons. The van der Waals surface area contributed by atoms with Crippen LogP contribution < -0.4 is 21.9 Å². The van der Waals surface area contributed by atoms with Gasteiger partial charge in [0.25, 0.3) is 11.5 Å². The molecule has 1 heterocycles. The number of anilines is 2. The minimum atomic E-state index is -0.815. The molecule has 10 heteroatoms. The second kappa shape index (κ2) is 12.0. The van der Waals surface area contributed by atoms with Crippen LogP contribution in [0.3, 0.4) is 0 Å². The van der Waals surface area contributed by atoms with Crippen LogP contribution >= 0.6 is 0 Å². The van der Waals surface area contributed by atoms with Gasteiger partial charge in [0.05, 0.1) is 12.2 Å². The highest BCUT2D eigenvalue weighted by atomic mass is 16.5. The van der Waals surface area contributed by atoms with E-state index in [1.54, 1.807) is 24.3 Å². The molecule has 10 nitrogen and oxygen atoms in total. The second-order valence-electron chi connectivity index (χ2n) is 8.56. The molecule has 2 aromatic carbocycles. The number of hydrogen-bond acceptors (Lipinski definition) is 7. The smallest absolute Gasteiger partial charge is 0.338 e. The molecule has 0 spiro atoms. The number of H-pyrrole nitrogens is 1. The van der Waals surface area contributed by atoms with E-state index in [1.165, 1.54) is 11.7 Å². The number of rotatable bonds is 10. The number of hydrogen-bond donors (Lipinski definition) is 2. The van der Waals surface area contributed by atoms with Gasteiger partial charge in [0.1, 0.15) is 5.82 Å². The van der Waals surface area contributed by atoms with Crippen LogP contribution in [0.25, 0.3) is 11.1 Å². The SMILES string of the molecule is COCCN(C(=O)COC(=O)c1ccc(-c2ccccc2)cc1)c1c(N)n(CC(C)C)c(=O)[nH]c1=O. The standard InChI is InChI=1S/C26H30N4O6/c1-17(2)15-30-23(27)22(24(32)28-26(30)34)29(13-14-35-3)21(31)16-36-25(33)20-11-9-19(10-12-20)18-7-5-4-6-8-18/h4-12,17H,13-16,27H2,1-3H3,(H,28,32,34). The van der Waals surface area contributed by atoms with Gasteiger partial charge in [0.15, 0.2) is 12.3 Å². The maximum Gasteiger partial charge on any atom is 0.338 e. The number of nitrogens with one attached hydrogen (secondary N) is 1. The predicted octanol–water partition coefficient (Wildman–Crippen LogP) is 2.28. The summed E-state index contributed by atoms with van der Waals surface area (Å²) in [6.07, 6.45) is 0. The summed E-state index contributed by atoms with van der Waals surface area (Å²) >= 11 is 0. The quantitative estimate of drug-likeness (QED) is 0.413. The summed E-state index contributed by atoms with van der Waals surface area (Å²) in [5.41, 5.74) is 6.68. The number of amides is 1. The topological polar surface area (TPSA) is 137 Å². The highest BCUT2D eigenvalue weighted by molar-refractivity contribution is 5.98. The predicted molar refractivity (Wildman–Crippen MR) is 137 cm³/mol. The molecule has 0 bridgehead atoms. The molecule has 0 aliphatic heterocycles. The van der Waals surface area contributed by atoms with Crippen molar-refractivity contribution in [1.29, 1.82) is 0 Å². The van der Waals surface area contributed by atoms with Gasteiger partial charge in [-0.3, -0.25) is 24.0 Å². The van der Waals surface area contributed by atoms with Gasteiger partial charge in [-0.1, -0.05) is 56.3 Å². The summed E-state index contributed by atoms with van der Waals surface area (Å²) in [4.78, 5) is 53.8. The molecule has 0 atom stereocenters. The average Bonchev–Trinajstić information content (AvgIpc) is 2.87. The van der Waals surface area contributed by atoms with Gasteiger partial charge in [0, 0.05) is 20.2 Å². The fourth-order valence-electron chi connectivity index (χ4n) is 3.65. The fraction of sp³-hybridized carbons (Fsp3) is 0.308. The van der Waals surface area contributed by atoms with Crippen molar-refractivity contribution in [2.45, 2.75) is 20.4 Å². The van der Waals surface area contributed by atoms with E-state index in [1.807, 2.05) is 44.2 Å². The molecule has 190 valence electrons. The summed E-state index contributed by atoms with van der Waals surface area (Å²) in [6.45, 7) is 3.43. The summed E-state index contributed by atoms with van der Waals surface area (Å²) in [7, 11) is 1.44. The largest absolute Gasteiger partial charge is 0.452 e. The van der Waals surface area contributed by atoms with Crippen LogP contribution in [-0.2, 0) is 20.8 Å². The molecule has 0 saturated heterocycles. The monoisotopic (exact) mass is 494 g/mol. The molecule has 0 aliphatic carbocycles. The number of aromatic nitrogens is 2. The minimum Gasteiger partial charge on any atom is -0.452 e. The average molecular weight is 495 g/mol. The number of esters is 1. The number of aromatic amines is 1. The number of carbonyl (C=O) groups excluding carboxylic acids is 2. The molecule has 36 heavy (non-hydrogen) atoms. The lowest BCUT2D eigenvalue weighted by Crippen LogP contribution is -2.44. The Morgan fingerprint density at radius 1 is 1.03 bits per heavy atom. The Balaban J connectivity index is 1.79. The number of ether oxygens (including phenoxy) is 2. The summed E-state index contributed by atoms with van der Waals surface area (Å²) < 4.78 is 11.5. The highest BCUT2D eigenvalue weighted by Gasteiger charge is 2.25. The van der Waals surface area contributed by atoms with Gasteiger partial charge >= 0.3 is 11.7 Å². The van der Waals surface area contributed by atoms with Crippen LogP contribution in [0, 0.1) is 5.92 Å². The molecule has 3 aromatic rings. The third kappa shape index (κ3) is 6.28. The minimum absolute atomic E-state index is 0.0359. The van der Waals surface area contributed by atoms with Crippen LogP contribution in [0.4, 0.5) is 11.5 Å². The molecule has 0 unspecified atom stereocenters. The Bertz CT molecular complexity index is 1310. The molecule has 3 rings (SSSR count). The molecular formula is C26H30N4O6. The zero-order valence-electron chi connectivity index (χ0n) is 20.5. The van der Waals surface area contributed by atoms with Crippen molar-refractivity contribution in [1.82, 2.24) is 9.55 Å². The lowest BCUT2D eigenvalue weighted by atomic mass is 10.0.